The summed E-state index contributed by atoms with van der Waals surface area (Å²) in [5.41, 5.74) is 0. The van der Waals surface area contributed by atoms with Gasteiger partial charge in [-0.2, -0.15) is 0 Å². The maximum Gasteiger partial charge on any atom is 0.220 e. The molecule has 1 aliphatic rings. The molecule has 2 amide bonds. The van der Waals surface area contributed by atoms with E-state index in [-0.39, 0.29) is 30.7 Å². The summed E-state index contributed by atoms with van der Waals surface area (Å²) >= 11 is 0. The van der Waals surface area contributed by atoms with Gasteiger partial charge in [-0.3, -0.25) is 9.59 Å². The molecule has 5 nitrogen and oxygen atoms in total. The molecule has 1 unspecified atom stereocenters. The molecule has 0 aromatic carbocycles. The zero-order chi connectivity index (χ0) is 16.2. The van der Waals surface area contributed by atoms with Gasteiger partial charge in [-0.25, -0.2) is 0 Å². The summed E-state index contributed by atoms with van der Waals surface area (Å²) in [6.45, 7) is 2.52. The molecule has 2 N–H and O–H groups in total. The first-order valence-corrected chi connectivity index (χ1v) is 8.73. The highest BCUT2D eigenvalue weighted by Crippen LogP contribution is 2.17. The number of ether oxygens (including phenoxy) is 1. The molecule has 1 saturated carbocycles. The van der Waals surface area contributed by atoms with E-state index in [9.17, 15) is 9.59 Å². The molecule has 0 aliphatic heterocycles. The van der Waals surface area contributed by atoms with Gasteiger partial charge in [-0.05, 0) is 19.3 Å². The normalized spacial score (nSPS) is 18.1. The fourth-order valence-electron chi connectivity index (χ4n) is 2.89. The number of rotatable bonds is 8. The summed E-state index contributed by atoms with van der Waals surface area (Å²) in [7, 11) is 1.62. The Kier molecular flexibility index (Phi) is 9.87. The van der Waals surface area contributed by atoms with Gasteiger partial charge in [0.05, 0.1) is 12.6 Å². The Hall–Kier alpha value is -1.10. The highest BCUT2D eigenvalue weighted by atomic mass is 16.5. The summed E-state index contributed by atoms with van der Waals surface area (Å²) < 4.78 is 5.05. The minimum atomic E-state index is -0.0725. The van der Waals surface area contributed by atoms with Crippen LogP contribution in [-0.2, 0) is 14.3 Å². The van der Waals surface area contributed by atoms with E-state index in [4.69, 9.17) is 4.74 Å². The fraction of sp³-hybridized carbons (Fsp3) is 0.882. The summed E-state index contributed by atoms with van der Waals surface area (Å²) in [6.07, 6.45) is 9.74. The minimum absolute atomic E-state index is 0.000475. The number of hydrogen-bond acceptors (Lipinski definition) is 3. The number of nitrogens with one attached hydrogen (secondary N) is 2. The molecule has 0 saturated heterocycles. The van der Waals surface area contributed by atoms with Gasteiger partial charge >= 0.3 is 0 Å². The number of amides is 2. The third kappa shape index (κ3) is 8.37. The zero-order valence-electron chi connectivity index (χ0n) is 14.2. The molecular weight excluding hydrogens is 280 g/mol. The summed E-state index contributed by atoms with van der Waals surface area (Å²) in [6, 6.07) is 0.332. The Balaban J connectivity index is 2.22. The lowest BCUT2D eigenvalue weighted by Gasteiger charge is -2.21. The van der Waals surface area contributed by atoms with Crippen LogP contribution >= 0.6 is 0 Å². The lowest BCUT2D eigenvalue weighted by atomic mass is 9.96. The first-order chi connectivity index (χ1) is 10.7. The average molecular weight is 312 g/mol. The second-order valence-electron chi connectivity index (χ2n) is 6.24. The molecule has 1 fully saturated rings. The van der Waals surface area contributed by atoms with E-state index in [0.29, 0.717) is 12.6 Å². The van der Waals surface area contributed by atoms with Crippen LogP contribution < -0.4 is 10.6 Å². The molecule has 0 aromatic heterocycles. The Morgan fingerprint density at radius 1 is 1.05 bits per heavy atom. The van der Waals surface area contributed by atoms with Crippen LogP contribution in [0.25, 0.3) is 0 Å². The van der Waals surface area contributed by atoms with Crippen LogP contribution in [0.4, 0.5) is 0 Å². The predicted molar refractivity (Wildman–Crippen MR) is 87.6 cm³/mol. The standard InChI is InChI=1S/C17H32N2O3/c1-3-14(13-22-2)18-16(20)11-12-17(21)19-15-9-7-5-4-6-8-10-15/h14-15H,3-13H2,1-2H3,(H,18,20)(H,19,21). The third-order valence-electron chi connectivity index (χ3n) is 4.28. The zero-order valence-corrected chi connectivity index (χ0v) is 14.2. The molecular formula is C17H32N2O3. The molecule has 22 heavy (non-hydrogen) atoms. The van der Waals surface area contributed by atoms with Crippen molar-refractivity contribution in [2.24, 2.45) is 0 Å². The summed E-state index contributed by atoms with van der Waals surface area (Å²) in [5.74, 6) is -0.0720. The topological polar surface area (TPSA) is 67.4 Å². The van der Waals surface area contributed by atoms with Crippen molar-refractivity contribution in [2.75, 3.05) is 13.7 Å². The first-order valence-electron chi connectivity index (χ1n) is 8.73. The molecule has 0 bridgehead atoms. The van der Waals surface area contributed by atoms with Crippen molar-refractivity contribution in [1.82, 2.24) is 10.6 Å². The smallest absolute Gasteiger partial charge is 0.220 e. The summed E-state index contributed by atoms with van der Waals surface area (Å²) in [4.78, 5) is 23.8. The molecule has 0 aromatic rings. The van der Waals surface area contributed by atoms with Gasteiger partial charge in [0.1, 0.15) is 0 Å². The fourth-order valence-corrected chi connectivity index (χ4v) is 2.89. The van der Waals surface area contributed by atoms with Gasteiger partial charge in [0.15, 0.2) is 0 Å². The lowest BCUT2D eigenvalue weighted by molar-refractivity contribution is -0.127. The Labute approximate surface area is 134 Å². The largest absolute Gasteiger partial charge is 0.383 e. The van der Waals surface area contributed by atoms with Crippen molar-refractivity contribution in [3.63, 3.8) is 0 Å². The highest BCUT2D eigenvalue weighted by Gasteiger charge is 2.16. The van der Waals surface area contributed by atoms with Crippen molar-refractivity contribution in [3.8, 4) is 0 Å². The van der Waals surface area contributed by atoms with E-state index < -0.39 is 0 Å². The molecule has 5 heteroatoms. The number of methoxy groups -OCH3 is 1. The van der Waals surface area contributed by atoms with E-state index >= 15 is 0 Å². The maximum atomic E-state index is 12.0. The van der Waals surface area contributed by atoms with Crippen molar-refractivity contribution in [3.05, 3.63) is 0 Å². The first kappa shape index (κ1) is 18.9. The Morgan fingerprint density at radius 3 is 2.23 bits per heavy atom. The van der Waals surface area contributed by atoms with Crippen LogP contribution in [0.2, 0.25) is 0 Å². The molecule has 0 spiro atoms. The van der Waals surface area contributed by atoms with E-state index in [1.807, 2.05) is 6.92 Å². The van der Waals surface area contributed by atoms with Gasteiger partial charge in [-0.1, -0.05) is 39.0 Å². The van der Waals surface area contributed by atoms with Gasteiger partial charge in [0.2, 0.25) is 11.8 Å². The molecule has 0 radical (unpaired) electrons. The van der Waals surface area contributed by atoms with E-state index in [1.165, 1.54) is 32.1 Å². The van der Waals surface area contributed by atoms with Gasteiger partial charge < -0.3 is 15.4 Å². The molecule has 1 aliphatic carbocycles. The third-order valence-corrected chi connectivity index (χ3v) is 4.28. The molecule has 128 valence electrons. The van der Waals surface area contributed by atoms with Crippen molar-refractivity contribution < 1.29 is 14.3 Å². The van der Waals surface area contributed by atoms with Gasteiger partial charge in [0, 0.05) is 26.0 Å². The molecule has 1 atom stereocenters. The van der Waals surface area contributed by atoms with Crippen LogP contribution in [-0.4, -0.2) is 37.6 Å². The Morgan fingerprint density at radius 2 is 1.64 bits per heavy atom. The van der Waals surface area contributed by atoms with Crippen molar-refractivity contribution in [2.45, 2.75) is 83.2 Å². The lowest BCUT2D eigenvalue weighted by Crippen LogP contribution is -2.39. The van der Waals surface area contributed by atoms with Crippen molar-refractivity contribution >= 4 is 11.8 Å². The molecule has 0 heterocycles. The van der Waals surface area contributed by atoms with Gasteiger partial charge in [0.25, 0.3) is 0 Å². The number of carbonyl (C=O) groups excluding carboxylic acids is 2. The highest BCUT2D eigenvalue weighted by molar-refractivity contribution is 5.83. The maximum absolute atomic E-state index is 12.0. The second-order valence-corrected chi connectivity index (χ2v) is 6.24. The van der Waals surface area contributed by atoms with Crippen molar-refractivity contribution in [1.29, 1.82) is 0 Å². The van der Waals surface area contributed by atoms with E-state index in [0.717, 1.165) is 19.3 Å². The molecule has 1 rings (SSSR count). The van der Waals surface area contributed by atoms with Gasteiger partial charge in [-0.15, -0.1) is 0 Å². The quantitative estimate of drug-likeness (QED) is 0.724. The van der Waals surface area contributed by atoms with E-state index in [2.05, 4.69) is 10.6 Å². The summed E-state index contributed by atoms with van der Waals surface area (Å²) in [5, 5.41) is 5.99. The average Bonchev–Trinajstić information content (AvgIpc) is 2.47. The van der Waals surface area contributed by atoms with Crippen LogP contribution in [0.3, 0.4) is 0 Å². The SMILES string of the molecule is CCC(COC)NC(=O)CCC(=O)NC1CCCCCCC1. The van der Waals surface area contributed by atoms with E-state index in [1.54, 1.807) is 7.11 Å². The minimum Gasteiger partial charge on any atom is -0.383 e. The van der Waals surface area contributed by atoms with Crippen LogP contribution in [0.5, 0.6) is 0 Å². The second kappa shape index (κ2) is 11.5. The monoisotopic (exact) mass is 312 g/mol. The van der Waals surface area contributed by atoms with Crippen LogP contribution in [0.1, 0.15) is 71.1 Å². The van der Waals surface area contributed by atoms with Crippen LogP contribution in [0, 0.1) is 0 Å². The number of carbonyl (C=O) groups is 2. The Bertz CT molecular complexity index is 326. The predicted octanol–water partition coefficient (Wildman–Crippen LogP) is 2.54. The number of hydrogen-bond donors (Lipinski definition) is 2. The van der Waals surface area contributed by atoms with Crippen LogP contribution in [0.15, 0.2) is 0 Å².